The molecule has 4 heterocycles. The highest BCUT2D eigenvalue weighted by molar-refractivity contribution is 4.80. The summed E-state index contributed by atoms with van der Waals surface area (Å²) in [6.45, 7) is 6.70. The number of nitrogens with zero attached hydrogens (tertiary/aromatic N) is 1. The van der Waals surface area contributed by atoms with Gasteiger partial charge in [-0.25, -0.2) is 4.90 Å². The van der Waals surface area contributed by atoms with Crippen LogP contribution in [0.1, 0.15) is 0 Å². The van der Waals surface area contributed by atoms with E-state index in [1.807, 2.05) is 0 Å². The first-order valence-corrected chi connectivity index (χ1v) is 5.33. The molecular formula is C8H17N4O2+3. The smallest absolute Gasteiger partial charge is 0.277 e. The highest BCUT2D eigenvalue weighted by Crippen LogP contribution is 2.06. The lowest BCUT2D eigenvalue weighted by molar-refractivity contribution is -1.18. The van der Waals surface area contributed by atoms with E-state index >= 15 is 0 Å². The van der Waals surface area contributed by atoms with Crippen molar-refractivity contribution in [3.63, 3.8) is 0 Å². The van der Waals surface area contributed by atoms with Crippen molar-refractivity contribution in [2.75, 3.05) is 46.1 Å². The molecule has 3 N–H and O–H groups in total. The van der Waals surface area contributed by atoms with Crippen LogP contribution >= 0.6 is 0 Å². The second-order valence-electron chi connectivity index (χ2n) is 5.12. The summed E-state index contributed by atoms with van der Waals surface area (Å²) in [4.78, 5) is 15.5. The van der Waals surface area contributed by atoms with Crippen LogP contribution in [0.15, 0.2) is 0 Å². The first kappa shape index (κ1) is 8.58. The molecule has 4 fully saturated rings. The fourth-order valence-electron chi connectivity index (χ4n) is 3.50. The van der Waals surface area contributed by atoms with Gasteiger partial charge < -0.3 is 0 Å². The molecule has 6 nitrogen and oxygen atoms in total. The van der Waals surface area contributed by atoms with Crippen LogP contribution in [0.4, 0.5) is 0 Å². The van der Waals surface area contributed by atoms with E-state index in [2.05, 4.69) is 0 Å². The Balaban J connectivity index is 1.97. The second kappa shape index (κ2) is 2.65. The molecule has 4 bridgehead atoms. The van der Waals surface area contributed by atoms with Crippen LogP contribution in [0.5, 0.6) is 0 Å². The Morgan fingerprint density at radius 2 is 1.50 bits per heavy atom. The maximum absolute atomic E-state index is 11.2. The monoisotopic (exact) mass is 201 g/mol. The standard InChI is InChI=1S/C8H14N4O2/c13-12(14)8-3-9-1-2-10(4-8)7-11(5-8)6-9/h1-7H2/p+3. The summed E-state index contributed by atoms with van der Waals surface area (Å²) in [5.41, 5.74) is -0.604. The van der Waals surface area contributed by atoms with Crippen molar-refractivity contribution in [3.8, 4) is 0 Å². The fourth-order valence-corrected chi connectivity index (χ4v) is 3.50. The molecule has 0 aromatic rings. The molecule has 2 unspecified atom stereocenters. The lowest BCUT2D eigenvalue weighted by Gasteiger charge is -2.38. The van der Waals surface area contributed by atoms with Crippen molar-refractivity contribution >= 4 is 0 Å². The molecule has 0 aromatic carbocycles. The van der Waals surface area contributed by atoms with Crippen LogP contribution < -0.4 is 14.7 Å². The molecule has 4 aliphatic heterocycles. The first-order valence-electron chi connectivity index (χ1n) is 5.33. The maximum atomic E-state index is 11.2. The van der Waals surface area contributed by atoms with E-state index in [0.29, 0.717) is 0 Å². The van der Waals surface area contributed by atoms with E-state index in [1.165, 1.54) is 14.7 Å². The highest BCUT2D eigenvalue weighted by Gasteiger charge is 2.63. The zero-order valence-corrected chi connectivity index (χ0v) is 8.21. The average molecular weight is 201 g/mol. The molecule has 0 aliphatic carbocycles. The van der Waals surface area contributed by atoms with Gasteiger partial charge in [0.1, 0.15) is 13.1 Å². The van der Waals surface area contributed by atoms with Gasteiger partial charge in [-0.2, -0.15) is 0 Å². The van der Waals surface area contributed by atoms with Gasteiger partial charge in [-0.3, -0.25) is 19.9 Å². The van der Waals surface area contributed by atoms with E-state index in [1.54, 1.807) is 0 Å². The predicted molar refractivity (Wildman–Crippen MR) is 46.7 cm³/mol. The predicted octanol–water partition coefficient (Wildman–Crippen LogP) is -5.39. The number of nitro groups is 1. The lowest BCUT2D eigenvalue weighted by atomic mass is 9.95. The Labute approximate surface area is 82.2 Å². The van der Waals surface area contributed by atoms with E-state index in [-0.39, 0.29) is 4.92 Å². The number of hydrogen-bond donors (Lipinski definition) is 3. The Bertz CT molecular complexity index is 267. The highest BCUT2D eigenvalue weighted by atomic mass is 16.6. The third-order valence-electron chi connectivity index (χ3n) is 3.96. The van der Waals surface area contributed by atoms with Gasteiger partial charge in [0.15, 0.2) is 19.6 Å². The van der Waals surface area contributed by atoms with E-state index in [4.69, 9.17) is 0 Å². The van der Waals surface area contributed by atoms with Crippen LogP contribution in [0.25, 0.3) is 0 Å². The zero-order valence-electron chi connectivity index (χ0n) is 8.21. The topological polar surface area (TPSA) is 56.5 Å². The van der Waals surface area contributed by atoms with E-state index < -0.39 is 5.54 Å². The molecule has 6 heteroatoms. The summed E-state index contributed by atoms with van der Waals surface area (Å²) in [5.74, 6) is 0. The van der Waals surface area contributed by atoms with Crippen LogP contribution in [-0.2, 0) is 0 Å². The number of hydrogen-bond acceptors (Lipinski definition) is 2. The van der Waals surface area contributed by atoms with Crippen molar-refractivity contribution in [1.29, 1.82) is 0 Å². The molecule has 4 saturated heterocycles. The molecule has 0 radical (unpaired) electrons. The van der Waals surface area contributed by atoms with Crippen molar-refractivity contribution in [2.24, 2.45) is 0 Å². The van der Waals surface area contributed by atoms with Crippen molar-refractivity contribution < 1.29 is 19.6 Å². The normalized spacial score (nSPS) is 50.4. The zero-order chi connectivity index (χ0) is 9.76. The minimum Gasteiger partial charge on any atom is -0.277 e. The second-order valence-corrected chi connectivity index (χ2v) is 5.12. The van der Waals surface area contributed by atoms with Gasteiger partial charge in [0, 0.05) is 4.92 Å². The van der Waals surface area contributed by atoms with Gasteiger partial charge in [-0.15, -0.1) is 0 Å². The maximum Gasteiger partial charge on any atom is 0.364 e. The fraction of sp³-hybridized carbons (Fsp3) is 1.00. The molecule has 0 saturated carbocycles. The summed E-state index contributed by atoms with van der Waals surface area (Å²) >= 11 is 0. The largest absolute Gasteiger partial charge is 0.364 e. The van der Waals surface area contributed by atoms with Crippen LogP contribution in [0.3, 0.4) is 0 Å². The first-order chi connectivity index (χ1) is 6.68. The van der Waals surface area contributed by atoms with Crippen LogP contribution in [-0.4, -0.2) is 56.5 Å². The van der Waals surface area contributed by atoms with Gasteiger partial charge in [0.05, 0.1) is 0 Å². The quantitative estimate of drug-likeness (QED) is 0.293. The molecule has 14 heavy (non-hydrogen) atoms. The molecule has 0 amide bonds. The summed E-state index contributed by atoms with van der Waals surface area (Å²) < 4.78 is 0. The van der Waals surface area contributed by atoms with Gasteiger partial charge in [0.25, 0.3) is 0 Å². The number of quaternary nitrogens is 3. The van der Waals surface area contributed by atoms with Gasteiger partial charge in [-0.05, 0) is 0 Å². The molecule has 0 aromatic heterocycles. The van der Waals surface area contributed by atoms with Crippen molar-refractivity contribution in [1.82, 2.24) is 0 Å². The van der Waals surface area contributed by atoms with Gasteiger partial charge >= 0.3 is 5.54 Å². The van der Waals surface area contributed by atoms with Crippen LogP contribution in [0.2, 0.25) is 0 Å². The number of rotatable bonds is 1. The summed E-state index contributed by atoms with van der Waals surface area (Å²) in [5, 5.41) is 11.2. The summed E-state index contributed by atoms with van der Waals surface area (Å²) in [6, 6.07) is 0. The lowest BCUT2D eigenvalue weighted by Crippen LogP contribution is -3.43. The average Bonchev–Trinajstić information content (AvgIpc) is 2.32. The van der Waals surface area contributed by atoms with Crippen molar-refractivity contribution in [2.45, 2.75) is 5.54 Å². The molecule has 4 rings (SSSR count). The number of fused-ring (bicyclic) bond motifs is 1. The van der Waals surface area contributed by atoms with Crippen molar-refractivity contribution in [3.05, 3.63) is 10.1 Å². The van der Waals surface area contributed by atoms with Crippen LogP contribution in [0, 0.1) is 10.1 Å². The Kier molecular flexibility index (Phi) is 1.62. The molecular weight excluding hydrogens is 184 g/mol. The molecule has 4 aliphatic rings. The SMILES string of the molecule is O=[N+]([O-])C12C[NH+]3CC[NH+](C[NH+](C3)C1)C2. The minimum absolute atomic E-state index is 0.00333. The minimum atomic E-state index is -0.604. The molecule has 78 valence electrons. The Morgan fingerprint density at radius 3 is 2.00 bits per heavy atom. The van der Waals surface area contributed by atoms with Gasteiger partial charge in [0.2, 0.25) is 13.3 Å². The molecule has 0 spiro atoms. The van der Waals surface area contributed by atoms with E-state index in [9.17, 15) is 10.1 Å². The van der Waals surface area contributed by atoms with E-state index in [0.717, 1.165) is 46.1 Å². The Hall–Kier alpha value is -0.720. The third kappa shape index (κ3) is 1.08. The van der Waals surface area contributed by atoms with Gasteiger partial charge in [-0.1, -0.05) is 0 Å². The Morgan fingerprint density at radius 1 is 1.00 bits per heavy atom. The third-order valence-corrected chi connectivity index (χ3v) is 3.96. The number of nitrogens with one attached hydrogen (secondary N) is 3. The molecule has 2 atom stereocenters. The summed E-state index contributed by atoms with van der Waals surface area (Å²) in [7, 11) is 0. The summed E-state index contributed by atoms with van der Waals surface area (Å²) in [6.07, 6.45) is 0.